The number of hydrogen-bond acceptors (Lipinski definition) is 2. The molecule has 0 saturated carbocycles. The van der Waals surface area contributed by atoms with Crippen LogP contribution in [0.15, 0.2) is 67.0 Å². The number of carboxylic acid groups (broad SMARTS) is 1. The Morgan fingerprint density at radius 1 is 1.12 bits per heavy atom. The van der Waals surface area contributed by atoms with Crippen molar-refractivity contribution >= 4 is 23.4 Å². The van der Waals surface area contributed by atoms with Crippen LogP contribution in [0.2, 0.25) is 0 Å². The Bertz CT molecular complexity index is 899. The van der Waals surface area contributed by atoms with Gasteiger partial charge in [-0.05, 0) is 42.8 Å². The van der Waals surface area contributed by atoms with Gasteiger partial charge in [0, 0.05) is 36.9 Å². The summed E-state index contributed by atoms with van der Waals surface area (Å²) in [6.07, 6.45) is 11.0. The normalized spacial score (nSPS) is 19.8. The second kappa shape index (κ2) is 6.55. The third-order valence-corrected chi connectivity index (χ3v) is 4.81. The number of allylic oxidation sites excluding steroid dienone is 2. The lowest BCUT2D eigenvalue weighted by Crippen LogP contribution is -2.38. The molecule has 1 N–H and O–H groups in total. The standard InChI is InChI=1S/C20H19N3O3/c24-19(25)15-4-3-5-18(14-15)23-13-12-22(20(23)26)17-8-6-16(7-9-17)21-10-1-2-11-21/h1-8,10-11,14,17H,9,12-13H2,(H,24,25). The quantitative estimate of drug-likeness (QED) is 0.921. The van der Waals surface area contributed by atoms with Crippen LogP contribution in [0.3, 0.4) is 0 Å². The van der Waals surface area contributed by atoms with Crippen molar-refractivity contribution < 1.29 is 14.7 Å². The van der Waals surface area contributed by atoms with Gasteiger partial charge in [-0.2, -0.15) is 0 Å². The number of carboxylic acids is 1. The van der Waals surface area contributed by atoms with E-state index < -0.39 is 5.97 Å². The third kappa shape index (κ3) is 2.90. The maximum Gasteiger partial charge on any atom is 0.335 e. The summed E-state index contributed by atoms with van der Waals surface area (Å²) in [7, 11) is 0. The van der Waals surface area contributed by atoms with Crippen molar-refractivity contribution in [3.05, 3.63) is 72.6 Å². The lowest BCUT2D eigenvalue weighted by molar-refractivity contribution is 0.0697. The molecule has 1 fully saturated rings. The van der Waals surface area contributed by atoms with Crippen LogP contribution in [0.4, 0.5) is 10.5 Å². The molecule has 1 aliphatic heterocycles. The number of aromatic nitrogens is 1. The van der Waals surface area contributed by atoms with E-state index in [1.807, 2.05) is 40.1 Å². The zero-order valence-corrected chi connectivity index (χ0v) is 14.2. The molecule has 2 heterocycles. The molecule has 0 spiro atoms. The number of aromatic carboxylic acids is 1. The first-order valence-corrected chi connectivity index (χ1v) is 8.57. The molecule has 6 nitrogen and oxygen atoms in total. The minimum absolute atomic E-state index is 0.0227. The highest BCUT2D eigenvalue weighted by Crippen LogP contribution is 2.26. The Hall–Kier alpha value is -3.28. The Morgan fingerprint density at radius 2 is 1.92 bits per heavy atom. The van der Waals surface area contributed by atoms with E-state index in [9.17, 15) is 9.59 Å². The van der Waals surface area contributed by atoms with Crippen LogP contribution in [0.5, 0.6) is 0 Å². The van der Waals surface area contributed by atoms with Gasteiger partial charge in [0.25, 0.3) is 0 Å². The maximum atomic E-state index is 12.8. The van der Waals surface area contributed by atoms with E-state index in [0.29, 0.717) is 18.8 Å². The summed E-state index contributed by atoms with van der Waals surface area (Å²) in [5.41, 5.74) is 1.91. The Balaban J connectivity index is 1.48. The van der Waals surface area contributed by atoms with Gasteiger partial charge in [0.05, 0.1) is 11.6 Å². The molecule has 1 aliphatic carbocycles. The second-order valence-electron chi connectivity index (χ2n) is 6.36. The van der Waals surface area contributed by atoms with Crippen molar-refractivity contribution in [1.82, 2.24) is 9.47 Å². The van der Waals surface area contributed by atoms with Crippen molar-refractivity contribution in [3.63, 3.8) is 0 Å². The lowest BCUT2D eigenvalue weighted by atomic mass is 10.1. The van der Waals surface area contributed by atoms with Crippen molar-refractivity contribution in [2.24, 2.45) is 0 Å². The summed E-state index contributed by atoms with van der Waals surface area (Å²) in [6, 6.07) is 10.4. The number of carbonyl (C=O) groups excluding carboxylic acids is 1. The third-order valence-electron chi connectivity index (χ3n) is 4.81. The summed E-state index contributed by atoms with van der Waals surface area (Å²) in [4.78, 5) is 27.5. The van der Waals surface area contributed by atoms with Gasteiger partial charge in [0.15, 0.2) is 0 Å². The van der Waals surface area contributed by atoms with Crippen LogP contribution in [0.25, 0.3) is 5.70 Å². The first kappa shape index (κ1) is 16.2. The van der Waals surface area contributed by atoms with Gasteiger partial charge in [0.1, 0.15) is 0 Å². The summed E-state index contributed by atoms with van der Waals surface area (Å²) in [5, 5.41) is 9.15. The predicted molar refractivity (Wildman–Crippen MR) is 99.1 cm³/mol. The zero-order valence-electron chi connectivity index (χ0n) is 14.2. The number of hydrogen-bond donors (Lipinski definition) is 1. The molecule has 26 heavy (non-hydrogen) atoms. The largest absolute Gasteiger partial charge is 0.478 e. The summed E-state index contributed by atoms with van der Waals surface area (Å²) in [6.45, 7) is 1.18. The summed E-state index contributed by atoms with van der Waals surface area (Å²) >= 11 is 0. The van der Waals surface area contributed by atoms with Gasteiger partial charge in [-0.3, -0.25) is 4.90 Å². The van der Waals surface area contributed by atoms with E-state index in [2.05, 4.69) is 12.2 Å². The molecule has 0 bridgehead atoms. The first-order valence-electron chi connectivity index (χ1n) is 8.57. The molecule has 0 radical (unpaired) electrons. The van der Waals surface area contributed by atoms with Crippen molar-refractivity contribution in [3.8, 4) is 0 Å². The Kier molecular flexibility index (Phi) is 4.08. The minimum Gasteiger partial charge on any atom is -0.478 e. The highest BCUT2D eigenvalue weighted by atomic mass is 16.4. The molecule has 6 heteroatoms. The molecule has 1 aromatic heterocycles. The topological polar surface area (TPSA) is 65.8 Å². The highest BCUT2D eigenvalue weighted by Gasteiger charge is 2.34. The van der Waals surface area contributed by atoms with E-state index in [4.69, 9.17) is 5.11 Å². The number of nitrogens with zero attached hydrogens (tertiary/aromatic N) is 3. The van der Waals surface area contributed by atoms with Crippen LogP contribution in [-0.4, -0.2) is 45.7 Å². The van der Waals surface area contributed by atoms with Crippen LogP contribution in [0.1, 0.15) is 16.8 Å². The molecule has 1 saturated heterocycles. The molecule has 132 valence electrons. The van der Waals surface area contributed by atoms with Crippen molar-refractivity contribution in [2.75, 3.05) is 18.0 Å². The van der Waals surface area contributed by atoms with Crippen molar-refractivity contribution in [2.45, 2.75) is 12.5 Å². The van der Waals surface area contributed by atoms with Gasteiger partial charge in [0.2, 0.25) is 0 Å². The molecular weight excluding hydrogens is 330 g/mol. The average molecular weight is 349 g/mol. The van der Waals surface area contributed by atoms with Crippen LogP contribution >= 0.6 is 0 Å². The summed E-state index contributed by atoms with van der Waals surface area (Å²) in [5.74, 6) is -0.992. The fraction of sp³-hybridized carbons (Fsp3) is 0.200. The number of amides is 2. The number of carbonyl (C=O) groups is 2. The van der Waals surface area contributed by atoms with Crippen LogP contribution in [-0.2, 0) is 0 Å². The van der Waals surface area contributed by atoms with Gasteiger partial charge in [-0.25, -0.2) is 9.59 Å². The molecule has 2 aromatic rings. The molecule has 1 atom stereocenters. The maximum absolute atomic E-state index is 12.8. The van der Waals surface area contributed by atoms with Gasteiger partial charge in [-0.15, -0.1) is 0 Å². The SMILES string of the molecule is O=C(O)c1cccc(N2CCN(C3C=CC(n4cccc4)=CC3)C2=O)c1. The van der Waals surface area contributed by atoms with Crippen LogP contribution in [0, 0.1) is 0 Å². The first-order chi connectivity index (χ1) is 12.6. The molecule has 1 aromatic carbocycles. The number of urea groups is 1. The van der Waals surface area contributed by atoms with Gasteiger partial charge >= 0.3 is 12.0 Å². The van der Waals surface area contributed by atoms with Crippen LogP contribution < -0.4 is 4.90 Å². The van der Waals surface area contributed by atoms with Crippen molar-refractivity contribution in [1.29, 1.82) is 0 Å². The van der Waals surface area contributed by atoms with E-state index >= 15 is 0 Å². The fourth-order valence-electron chi connectivity index (χ4n) is 3.44. The number of anilines is 1. The average Bonchev–Trinajstić information content (AvgIpc) is 3.32. The Morgan fingerprint density at radius 3 is 2.62 bits per heavy atom. The lowest BCUT2D eigenvalue weighted by Gasteiger charge is -2.27. The molecule has 2 aliphatic rings. The minimum atomic E-state index is -0.992. The molecule has 4 rings (SSSR count). The van der Waals surface area contributed by atoms with E-state index in [1.165, 1.54) is 6.07 Å². The Labute approximate surface area is 151 Å². The molecule has 2 amide bonds. The summed E-state index contributed by atoms with van der Waals surface area (Å²) < 4.78 is 2.04. The van der Waals surface area contributed by atoms with Gasteiger partial charge < -0.3 is 14.6 Å². The van der Waals surface area contributed by atoms with E-state index in [0.717, 1.165) is 12.1 Å². The predicted octanol–water partition coefficient (Wildman–Crippen LogP) is 3.30. The molecular formula is C20H19N3O3. The monoisotopic (exact) mass is 349 g/mol. The second-order valence-corrected chi connectivity index (χ2v) is 6.36. The highest BCUT2D eigenvalue weighted by molar-refractivity contribution is 5.96. The number of benzene rings is 1. The van der Waals surface area contributed by atoms with E-state index in [-0.39, 0.29) is 17.6 Å². The fourth-order valence-corrected chi connectivity index (χ4v) is 3.44. The van der Waals surface area contributed by atoms with E-state index in [1.54, 1.807) is 23.1 Å². The number of rotatable bonds is 4. The van der Waals surface area contributed by atoms with Gasteiger partial charge in [-0.1, -0.05) is 18.2 Å². The molecule has 1 unspecified atom stereocenters. The zero-order chi connectivity index (χ0) is 18.1. The smallest absolute Gasteiger partial charge is 0.335 e.